The Kier molecular flexibility index (Phi) is 5.12. The monoisotopic (exact) mass is 319 g/mol. The van der Waals surface area contributed by atoms with Crippen molar-refractivity contribution in [2.24, 2.45) is 5.41 Å². The number of halogens is 3. The van der Waals surface area contributed by atoms with Crippen LogP contribution in [0.4, 0.5) is 18.0 Å². The third-order valence-corrected chi connectivity index (χ3v) is 3.36. The highest BCUT2D eigenvalue weighted by Crippen LogP contribution is 2.41. The first-order valence-electron chi connectivity index (χ1n) is 6.73. The number of hydrogen-bond donors (Lipinski definition) is 3. The predicted molar refractivity (Wildman–Crippen MR) is 75.3 cm³/mol. The predicted octanol–water partition coefficient (Wildman–Crippen LogP) is 3.65. The summed E-state index contributed by atoms with van der Waals surface area (Å²) < 4.78 is 43.2. The number of alkyl halides is 2. The molecule has 124 valence electrons. The van der Waals surface area contributed by atoms with Gasteiger partial charge in [-0.3, -0.25) is 0 Å². The Morgan fingerprint density at radius 3 is 2.27 bits per heavy atom. The molecule has 1 rings (SSSR count). The fraction of sp³-hybridized carbons (Fsp3) is 0.533. The van der Waals surface area contributed by atoms with Crippen molar-refractivity contribution in [3.05, 3.63) is 35.1 Å². The number of aliphatic hydroxyl groups is 1. The summed E-state index contributed by atoms with van der Waals surface area (Å²) >= 11 is 0. The Morgan fingerprint density at radius 1 is 1.27 bits per heavy atom. The molecule has 2 unspecified atom stereocenters. The second-order valence-electron chi connectivity index (χ2n) is 6.27. The molecule has 4 nitrogen and oxygen atoms in total. The van der Waals surface area contributed by atoms with Crippen LogP contribution in [0.25, 0.3) is 0 Å². The molecule has 1 aromatic carbocycles. The Balaban J connectivity index is 3.30. The maximum Gasteiger partial charge on any atom is 0.405 e. The van der Waals surface area contributed by atoms with Crippen LogP contribution in [-0.2, 0) is 5.92 Å². The average molecular weight is 319 g/mol. The molecule has 2 atom stereocenters. The summed E-state index contributed by atoms with van der Waals surface area (Å²) in [5, 5.41) is 20.5. The van der Waals surface area contributed by atoms with E-state index in [-0.39, 0.29) is 5.56 Å². The summed E-state index contributed by atoms with van der Waals surface area (Å²) in [6.07, 6.45) is -3.48. The Hall–Kier alpha value is -1.76. The molecule has 1 aromatic rings. The van der Waals surface area contributed by atoms with Gasteiger partial charge in [-0.1, -0.05) is 32.9 Å². The van der Waals surface area contributed by atoms with Gasteiger partial charge in [0, 0.05) is 5.56 Å². The molecule has 22 heavy (non-hydrogen) atoms. The van der Waals surface area contributed by atoms with E-state index in [1.165, 1.54) is 39.8 Å². The minimum absolute atomic E-state index is 0.208. The van der Waals surface area contributed by atoms with Gasteiger partial charge in [0.1, 0.15) is 11.9 Å². The minimum Gasteiger partial charge on any atom is -0.465 e. The number of carboxylic acid groups (broad SMARTS) is 1. The summed E-state index contributed by atoms with van der Waals surface area (Å²) in [6, 6.07) is 2.32. The summed E-state index contributed by atoms with van der Waals surface area (Å²) in [4.78, 5) is 10.6. The lowest BCUT2D eigenvalue weighted by Gasteiger charge is -2.33. The van der Waals surface area contributed by atoms with Gasteiger partial charge < -0.3 is 15.5 Å². The Morgan fingerprint density at radius 2 is 1.82 bits per heavy atom. The Labute approximate surface area is 127 Å². The van der Waals surface area contributed by atoms with Crippen molar-refractivity contribution in [3.8, 4) is 0 Å². The number of amides is 1. The van der Waals surface area contributed by atoms with Crippen molar-refractivity contribution >= 4 is 6.09 Å². The van der Waals surface area contributed by atoms with Crippen molar-refractivity contribution in [1.82, 2.24) is 5.32 Å². The van der Waals surface area contributed by atoms with Crippen molar-refractivity contribution < 1.29 is 28.2 Å². The lowest BCUT2D eigenvalue weighted by Crippen LogP contribution is -2.41. The molecule has 0 bridgehead atoms. The summed E-state index contributed by atoms with van der Waals surface area (Å²) in [7, 11) is 0. The van der Waals surface area contributed by atoms with Gasteiger partial charge in [-0.05, 0) is 18.4 Å². The van der Waals surface area contributed by atoms with Crippen LogP contribution in [0.15, 0.2) is 18.2 Å². The largest absolute Gasteiger partial charge is 0.465 e. The third kappa shape index (κ3) is 3.71. The Bertz CT molecular complexity index is 555. The first-order chi connectivity index (χ1) is 9.89. The average Bonchev–Trinajstić information content (AvgIpc) is 2.35. The molecule has 0 saturated carbocycles. The number of nitrogens with one attached hydrogen (secondary N) is 1. The van der Waals surface area contributed by atoms with E-state index < -0.39 is 41.0 Å². The standard InChI is InChI=1S/C15H20F3NO3/c1-8(19-13(21)22)9-6-5-7-10(11(9)16)15(17,18)12(20)14(2,3)4/h5-8,12,19-20H,1-4H3,(H,21,22). The SMILES string of the molecule is CC(NC(=O)O)c1cccc(C(F)(F)C(O)C(C)(C)C)c1F. The van der Waals surface area contributed by atoms with Gasteiger partial charge in [0.25, 0.3) is 0 Å². The highest BCUT2D eigenvalue weighted by atomic mass is 19.3. The van der Waals surface area contributed by atoms with Gasteiger partial charge in [0.05, 0.1) is 11.6 Å². The molecule has 0 radical (unpaired) electrons. The van der Waals surface area contributed by atoms with Crippen LogP contribution in [0, 0.1) is 11.2 Å². The zero-order valence-corrected chi connectivity index (χ0v) is 12.8. The number of benzene rings is 1. The number of carbonyl (C=O) groups is 1. The van der Waals surface area contributed by atoms with Crippen LogP contribution >= 0.6 is 0 Å². The molecule has 0 saturated heterocycles. The number of hydrogen-bond acceptors (Lipinski definition) is 2. The fourth-order valence-electron chi connectivity index (χ4n) is 2.10. The van der Waals surface area contributed by atoms with Crippen LogP contribution < -0.4 is 5.32 Å². The molecule has 3 N–H and O–H groups in total. The number of aliphatic hydroxyl groups excluding tert-OH is 1. The van der Waals surface area contributed by atoms with E-state index in [0.717, 1.165) is 6.07 Å². The molecule has 0 spiro atoms. The molecule has 0 aromatic heterocycles. The van der Waals surface area contributed by atoms with E-state index in [2.05, 4.69) is 0 Å². The zero-order valence-electron chi connectivity index (χ0n) is 12.8. The quantitative estimate of drug-likeness (QED) is 0.793. The summed E-state index contributed by atoms with van der Waals surface area (Å²) in [5.74, 6) is -5.03. The molecule has 0 aliphatic heterocycles. The van der Waals surface area contributed by atoms with E-state index >= 15 is 0 Å². The normalized spacial score (nSPS) is 15.3. The molecule has 1 amide bonds. The second kappa shape index (κ2) is 6.16. The lowest BCUT2D eigenvalue weighted by atomic mass is 9.82. The van der Waals surface area contributed by atoms with Gasteiger partial charge in [-0.15, -0.1) is 0 Å². The van der Waals surface area contributed by atoms with E-state index in [1.807, 2.05) is 5.32 Å². The van der Waals surface area contributed by atoms with Crippen molar-refractivity contribution in [2.45, 2.75) is 45.8 Å². The molecule has 0 heterocycles. The topological polar surface area (TPSA) is 69.6 Å². The first-order valence-corrected chi connectivity index (χ1v) is 6.73. The highest BCUT2D eigenvalue weighted by molar-refractivity contribution is 5.65. The molecular formula is C15H20F3NO3. The van der Waals surface area contributed by atoms with Crippen molar-refractivity contribution in [1.29, 1.82) is 0 Å². The van der Waals surface area contributed by atoms with Gasteiger partial charge in [0.15, 0.2) is 0 Å². The van der Waals surface area contributed by atoms with Crippen LogP contribution in [0.5, 0.6) is 0 Å². The zero-order chi connectivity index (χ0) is 17.3. The molecule has 0 fully saturated rings. The van der Waals surface area contributed by atoms with Gasteiger partial charge in [-0.2, -0.15) is 8.78 Å². The van der Waals surface area contributed by atoms with Crippen molar-refractivity contribution in [3.63, 3.8) is 0 Å². The first kappa shape index (κ1) is 18.3. The molecular weight excluding hydrogens is 299 g/mol. The van der Waals surface area contributed by atoms with Crippen LogP contribution in [0.3, 0.4) is 0 Å². The maximum absolute atomic E-state index is 14.4. The van der Waals surface area contributed by atoms with E-state index in [4.69, 9.17) is 5.11 Å². The van der Waals surface area contributed by atoms with E-state index in [1.54, 1.807) is 0 Å². The van der Waals surface area contributed by atoms with E-state index in [0.29, 0.717) is 0 Å². The summed E-state index contributed by atoms with van der Waals surface area (Å²) in [5.41, 5.74) is -2.32. The van der Waals surface area contributed by atoms with Gasteiger partial charge in [0.2, 0.25) is 0 Å². The molecule has 7 heteroatoms. The third-order valence-electron chi connectivity index (χ3n) is 3.36. The number of rotatable bonds is 4. The van der Waals surface area contributed by atoms with Crippen LogP contribution in [0.2, 0.25) is 0 Å². The summed E-state index contributed by atoms with van der Waals surface area (Å²) in [6.45, 7) is 5.60. The smallest absolute Gasteiger partial charge is 0.405 e. The second-order valence-corrected chi connectivity index (χ2v) is 6.27. The van der Waals surface area contributed by atoms with Crippen LogP contribution in [0.1, 0.15) is 44.9 Å². The maximum atomic E-state index is 14.4. The van der Waals surface area contributed by atoms with Crippen LogP contribution in [-0.4, -0.2) is 22.4 Å². The minimum atomic E-state index is -3.80. The lowest BCUT2D eigenvalue weighted by molar-refractivity contribution is -0.157. The van der Waals surface area contributed by atoms with E-state index in [9.17, 15) is 23.1 Å². The molecule has 0 aliphatic carbocycles. The van der Waals surface area contributed by atoms with Gasteiger partial charge in [-0.25, -0.2) is 9.18 Å². The fourth-order valence-corrected chi connectivity index (χ4v) is 2.10. The van der Waals surface area contributed by atoms with Gasteiger partial charge >= 0.3 is 12.0 Å². The van der Waals surface area contributed by atoms with Crippen molar-refractivity contribution in [2.75, 3.05) is 0 Å². The highest BCUT2D eigenvalue weighted by Gasteiger charge is 2.48. The molecule has 0 aliphatic rings.